The van der Waals surface area contributed by atoms with Crippen molar-refractivity contribution in [3.63, 3.8) is 0 Å². The molecule has 1 saturated carbocycles. The van der Waals surface area contributed by atoms with Crippen LogP contribution in [-0.4, -0.2) is 44.2 Å². The van der Waals surface area contributed by atoms with E-state index in [1.54, 1.807) is 0 Å². The Bertz CT molecular complexity index is 479. The zero-order valence-electron chi connectivity index (χ0n) is 13.1. The van der Waals surface area contributed by atoms with E-state index in [9.17, 15) is 0 Å². The van der Waals surface area contributed by atoms with Crippen molar-refractivity contribution in [2.24, 2.45) is 0 Å². The Labute approximate surface area is 133 Å². The van der Waals surface area contributed by atoms with Crippen LogP contribution in [0, 0.1) is 0 Å². The molecule has 4 heteroatoms. The Hall–Kier alpha value is -0.770. The molecule has 0 radical (unpaired) electrons. The first-order valence-corrected chi connectivity index (χ1v) is 8.44. The second-order valence-corrected chi connectivity index (χ2v) is 6.99. The van der Waals surface area contributed by atoms with Crippen molar-refractivity contribution in [3.8, 4) is 0 Å². The van der Waals surface area contributed by atoms with Crippen LogP contribution in [0.4, 0.5) is 5.69 Å². The molecule has 1 aliphatic heterocycles. The average molecular weight is 308 g/mol. The molecule has 21 heavy (non-hydrogen) atoms. The van der Waals surface area contributed by atoms with Gasteiger partial charge in [0, 0.05) is 25.7 Å². The molecule has 0 atom stereocenters. The Morgan fingerprint density at radius 3 is 2.57 bits per heavy atom. The largest absolute Gasteiger partial charge is 0.370 e. The Kier molecular flexibility index (Phi) is 4.72. The van der Waals surface area contributed by atoms with Crippen LogP contribution in [0.1, 0.15) is 31.2 Å². The van der Waals surface area contributed by atoms with E-state index in [0.717, 1.165) is 17.6 Å². The molecular weight excluding hydrogens is 282 g/mol. The van der Waals surface area contributed by atoms with E-state index in [4.69, 9.17) is 11.6 Å². The number of hydrogen-bond acceptors (Lipinski definition) is 3. The second kappa shape index (κ2) is 6.55. The zero-order valence-corrected chi connectivity index (χ0v) is 13.9. The van der Waals surface area contributed by atoms with E-state index in [1.165, 1.54) is 50.0 Å². The number of anilines is 1. The van der Waals surface area contributed by atoms with Crippen LogP contribution in [-0.2, 0) is 6.54 Å². The maximum absolute atomic E-state index is 6.52. The molecule has 0 aromatic heterocycles. The van der Waals surface area contributed by atoms with E-state index < -0.39 is 0 Å². The van der Waals surface area contributed by atoms with Gasteiger partial charge in [0.1, 0.15) is 0 Å². The summed E-state index contributed by atoms with van der Waals surface area (Å²) in [5.74, 6) is 0. The summed E-state index contributed by atoms with van der Waals surface area (Å²) in [5.41, 5.74) is 2.45. The molecule has 1 aliphatic carbocycles. The van der Waals surface area contributed by atoms with Crippen LogP contribution in [0.2, 0.25) is 5.02 Å². The van der Waals surface area contributed by atoms with Crippen LogP contribution in [0.25, 0.3) is 0 Å². The number of halogens is 1. The summed E-state index contributed by atoms with van der Waals surface area (Å²) in [5, 5.41) is 4.42. The standard InChI is InChI=1S/C17H26ClN3/c1-20-9-7-15(8-10-20)21(2)17-6-3-13(11-16(17)18)12-19-14-4-5-14/h3,6,11,14-15,19H,4-5,7-10,12H2,1-2H3. The summed E-state index contributed by atoms with van der Waals surface area (Å²) in [6.45, 7) is 3.29. The number of rotatable bonds is 5. The highest BCUT2D eigenvalue weighted by atomic mass is 35.5. The normalized spacial score (nSPS) is 20.7. The first kappa shape index (κ1) is 15.1. The van der Waals surface area contributed by atoms with Crippen molar-refractivity contribution < 1.29 is 0 Å². The van der Waals surface area contributed by atoms with Crippen LogP contribution in [0.5, 0.6) is 0 Å². The molecule has 1 aromatic carbocycles. The Morgan fingerprint density at radius 1 is 1.24 bits per heavy atom. The Morgan fingerprint density at radius 2 is 1.95 bits per heavy atom. The lowest BCUT2D eigenvalue weighted by molar-refractivity contribution is 0.253. The van der Waals surface area contributed by atoms with Gasteiger partial charge in [0.25, 0.3) is 0 Å². The van der Waals surface area contributed by atoms with E-state index in [2.05, 4.69) is 47.4 Å². The molecular formula is C17H26ClN3. The third kappa shape index (κ3) is 3.91. The minimum Gasteiger partial charge on any atom is -0.370 e. The van der Waals surface area contributed by atoms with Gasteiger partial charge in [0.2, 0.25) is 0 Å². The molecule has 0 unspecified atom stereocenters. The monoisotopic (exact) mass is 307 g/mol. The lowest BCUT2D eigenvalue weighted by atomic mass is 10.0. The summed E-state index contributed by atoms with van der Waals surface area (Å²) in [4.78, 5) is 4.77. The maximum atomic E-state index is 6.52. The lowest BCUT2D eigenvalue weighted by Crippen LogP contribution is -2.42. The van der Waals surface area contributed by atoms with Crippen molar-refractivity contribution in [1.82, 2.24) is 10.2 Å². The van der Waals surface area contributed by atoms with E-state index in [-0.39, 0.29) is 0 Å². The maximum Gasteiger partial charge on any atom is 0.0642 e. The van der Waals surface area contributed by atoms with Gasteiger partial charge in [0.15, 0.2) is 0 Å². The third-order valence-corrected chi connectivity index (χ3v) is 5.10. The fourth-order valence-electron chi connectivity index (χ4n) is 3.08. The highest BCUT2D eigenvalue weighted by Gasteiger charge is 2.23. The van der Waals surface area contributed by atoms with Crippen molar-refractivity contribution >= 4 is 17.3 Å². The summed E-state index contributed by atoms with van der Waals surface area (Å²) >= 11 is 6.52. The predicted octanol–water partition coefficient (Wildman–Crippen LogP) is 3.12. The molecule has 1 saturated heterocycles. The topological polar surface area (TPSA) is 18.5 Å². The summed E-state index contributed by atoms with van der Waals surface area (Å²) in [7, 11) is 4.38. The molecule has 1 aromatic rings. The predicted molar refractivity (Wildman–Crippen MR) is 90.2 cm³/mol. The van der Waals surface area contributed by atoms with Gasteiger partial charge >= 0.3 is 0 Å². The van der Waals surface area contributed by atoms with Gasteiger partial charge in [-0.05, 0) is 63.5 Å². The molecule has 3 nitrogen and oxygen atoms in total. The van der Waals surface area contributed by atoms with Crippen molar-refractivity contribution in [3.05, 3.63) is 28.8 Å². The van der Waals surface area contributed by atoms with Crippen LogP contribution < -0.4 is 10.2 Å². The van der Waals surface area contributed by atoms with Crippen LogP contribution in [0.15, 0.2) is 18.2 Å². The van der Waals surface area contributed by atoms with Gasteiger partial charge in [-0.2, -0.15) is 0 Å². The zero-order chi connectivity index (χ0) is 14.8. The highest BCUT2D eigenvalue weighted by molar-refractivity contribution is 6.33. The third-order valence-electron chi connectivity index (χ3n) is 4.80. The van der Waals surface area contributed by atoms with Crippen molar-refractivity contribution in [2.75, 3.05) is 32.1 Å². The van der Waals surface area contributed by atoms with Gasteiger partial charge in [-0.15, -0.1) is 0 Å². The molecule has 0 spiro atoms. The number of hydrogen-bond donors (Lipinski definition) is 1. The van der Waals surface area contributed by atoms with Gasteiger partial charge in [-0.1, -0.05) is 17.7 Å². The first-order valence-electron chi connectivity index (χ1n) is 8.06. The number of piperidine rings is 1. The van der Waals surface area contributed by atoms with Crippen molar-refractivity contribution in [1.29, 1.82) is 0 Å². The van der Waals surface area contributed by atoms with Crippen LogP contribution in [0.3, 0.4) is 0 Å². The molecule has 116 valence electrons. The summed E-state index contributed by atoms with van der Waals surface area (Å²) in [6.07, 6.45) is 5.08. The fourth-order valence-corrected chi connectivity index (χ4v) is 3.41. The van der Waals surface area contributed by atoms with Gasteiger partial charge in [0.05, 0.1) is 10.7 Å². The van der Waals surface area contributed by atoms with Gasteiger partial charge in [-0.25, -0.2) is 0 Å². The average Bonchev–Trinajstić information content (AvgIpc) is 3.29. The van der Waals surface area contributed by atoms with E-state index >= 15 is 0 Å². The summed E-state index contributed by atoms with van der Waals surface area (Å²) < 4.78 is 0. The van der Waals surface area contributed by atoms with Gasteiger partial charge in [-0.3, -0.25) is 0 Å². The van der Waals surface area contributed by atoms with E-state index in [0.29, 0.717) is 6.04 Å². The Balaban J connectivity index is 1.63. The molecule has 3 rings (SSSR count). The number of benzene rings is 1. The van der Waals surface area contributed by atoms with E-state index in [1.807, 2.05) is 0 Å². The quantitative estimate of drug-likeness (QED) is 0.901. The highest BCUT2D eigenvalue weighted by Crippen LogP contribution is 2.30. The molecule has 1 N–H and O–H groups in total. The van der Waals surface area contributed by atoms with Gasteiger partial charge < -0.3 is 15.1 Å². The number of nitrogens with zero attached hydrogens (tertiary/aromatic N) is 2. The first-order chi connectivity index (χ1) is 10.1. The minimum absolute atomic E-state index is 0.606. The molecule has 0 bridgehead atoms. The molecule has 2 aliphatic rings. The smallest absolute Gasteiger partial charge is 0.0642 e. The minimum atomic E-state index is 0.606. The molecule has 1 heterocycles. The van der Waals surface area contributed by atoms with Crippen LogP contribution >= 0.6 is 11.6 Å². The summed E-state index contributed by atoms with van der Waals surface area (Å²) in [6, 6.07) is 7.86. The molecule has 2 fully saturated rings. The number of nitrogens with one attached hydrogen (secondary N) is 1. The molecule has 0 amide bonds. The second-order valence-electron chi connectivity index (χ2n) is 6.59. The van der Waals surface area contributed by atoms with Crippen molar-refractivity contribution in [2.45, 2.75) is 44.3 Å². The number of likely N-dealkylation sites (tertiary alicyclic amines) is 1. The SMILES string of the molecule is CN1CCC(N(C)c2ccc(CNC3CC3)cc2Cl)CC1. The fraction of sp³-hybridized carbons (Fsp3) is 0.647. The lowest BCUT2D eigenvalue weighted by Gasteiger charge is -2.36.